The van der Waals surface area contributed by atoms with Gasteiger partial charge in [0, 0.05) is 18.3 Å². The Morgan fingerprint density at radius 3 is 2.35 bits per heavy atom. The summed E-state index contributed by atoms with van der Waals surface area (Å²) in [7, 11) is 0. The Bertz CT molecular complexity index is 709. The van der Waals surface area contributed by atoms with Gasteiger partial charge in [0.1, 0.15) is 5.57 Å². The summed E-state index contributed by atoms with van der Waals surface area (Å²) in [5.41, 5.74) is 2.34. The lowest BCUT2D eigenvalue weighted by Crippen LogP contribution is -2.07. The zero-order chi connectivity index (χ0) is 18.8. The van der Waals surface area contributed by atoms with Crippen molar-refractivity contribution in [2.75, 3.05) is 0 Å². The zero-order valence-corrected chi connectivity index (χ0v) is 15.7. The molecule has 0 spiro atoms. The highest BCUT2D eigenvalue weighted by atomic mass is 16.4. The minimum atomic E-state index is -0.985. The predicted octanol–water partition coefficient (Wildman–Crippen LogP) is 5.26. The van der Waals surface area contributed by atoms with Crippen molar-refractivity contribution in [3.05, 3.63) is 65.8 Å². The third-order valence-corrected chi connectivity index (χ3v) is 4.44. The molecule has 1 N–H and O–H groups in total. The molecule has 26 heavy (non-hydrogen) atoms. The van der Waals surface area contributed by atoms with Gasteiger partial charge in [0.25, 0.3) is 0 Å². The molecule has 2 aromatic rings. The van der Waals surface area contributed by atoms with Gasteiger partial charge in [-0.15, -0.1) is 0 Å². The fourth-order valence-electron chi connectivity index (χ4n) is 3.00. The molecule has 138 valence electrons. The van der Waals surface area contributed by atoms with Crippen LogP contribution >= 0.6 is 0 Å². The van der Waals surface area contributed by atoms with Crippen LogP contribution in [0.3, 0.4) is 0 Å². The summed E-state index contributed by atoms with van der Waals surface area (Å²) in [5.74, 6) is -0.658. The van der Waals surface area contributed by atoms with E-state index in [0.29, 0.717) is 0 Å². The Labute approximate surface area is 156 Å². The van der Waals surface area contributed by atoms with Crippen LogP contribution in [-0.2, 0) is 11.2 Å². The van der Waals surface area contributed by atoms with E-state index in [-0.39, 0.29) is 17.3 Å². The molecule has 2 rings (SSSR count). The lowest BCUT2D eigenvalue weighted by molar-refractivity contribution is -0.130. The summed E-state index contributed by atoms with van der Waals surface area (Å²) in [6.45, 7) is 4.27. The number of aliphatic carboxylic acids is 1. The quantitative estimate of drug-likeness (QED) is 0.468. The van der Waals surface area contributed by atoms with Gasteiger partial charge in [0.15, 0.2) is 5.82 Å². The normalized spacial score (nSPS) is 12.8. The second-order valence-corrected chi connectivity index (χ2v) is 6.56. The van der Waals surface area contributed by atoms with E-state index in [2.05, 4.69) is 23.8 Å². The van der Waals surface area contributed by atoms with E-state index in [4.69, 9.17) is 0 Å². The maximum Gasteiger partial charge on any atom is 0.339 e. The second kappa shape index (κ2) is 10.5. The number of carboxylic acids is 1. The highest BCUT2D eigenvalue weighted by Gasteiger charge is 2.17. The van der Waals surface area contributed by atoms with Crippen molar-refractivity contribution < 1.29 is 9.90 Å². The van der Waals surface area contributed by atoms with E-state index in [9.17, 15) is 9.90 Å². The molecule has 0 aliphatic heterocycles. The van der Waals surface area contributed by atoms with Gasteiger partial charge in [-0.25, -0.2) is 14.8 Å². The first-order valence-corrected chi connectivity index (χ1v) is 9.47. The fourth-order valence-corrected chi connectivity index (χ4v) is 3.00. The van der Waals surface area contributed by atoms with Gasteiger partial charge in [-0.3, -0.25) is 0 Å². The first-order chi connectivity index (χ1) is 12.7. The Morgan fingerprint density at radius 2 is 1.77 bits per heavy atom. The summed E-state index contributed by atoms with van der Waals surface area (Å²) in [6, 6.07) is 10.00. The third-order valence-electron chi connectivity index (χ3n) is 4.44. The van der Waals surface area contributed by atoms with E-state index in [1.807, 2.05) is 30.3 Å². The Kier molecular flexibility index (Phi) is 8.00. The number of hydrogen-bond acceptors (Lipinski definition) is 3. The third kappa shape index (κ3) is 5.80. The lowest BCUT2D eigenvalue weighted by atomic mass is 9.92. The van der Waals surface area contributed by atoms with Crippen molar-refractivity contribution in [2.45, 2.75) is 58.3 Å². The number of allylic oxidation sites excluding steroid dienone is 1. The lowest BCUT2D eigenvalue weighted by Gasteiger charge is -2.14. The van der Waals surface area contributed by atoms with Crippen molar-refractivity contribution in [1.29, 1.82) is 0 Å². The summed E-state index contributed by atoms with van der Waals surface area (Å²) < 4.78 is 0. The van der Waals surface area contributed by atoms with Gasteiger partial charge >= 0.3 is 5.97 Å². The van der Waals surface area contributed by atoms with Gasteiger partial charge in [-0.2, -0.15) is 0 Å². The van der Waals surface area contributed by atoms with Crippen LogP contribution in [0.15, 0.2) is 48.8 Å². The standard InChI is InChI=1S/C22H28N2O2/c1-3-5-7-11-17-15-23-21(24-16-17)20(22(25)26)14-19(10-4-2)18-12-8-6-9-13-18/h6,8-9,12-16,19H,3-5,7,10-11H2,1-2H3,(H,25,26)/b20-14+. The molecule has 0 radical (unpaired) electrons. The number of hydrogen-bond donors (Lipinski definition) is 1. The smallest absolute Gasteiger partial charge is 0.339 e. The number of carbonyl (C=O) groups is 1. The minimum Gasteiger partial charge on any atom is -0.478 e. The Balaban J connectivity index is 2.26. The maximum absolute atomic E-state index is 11.8. The molecule has 1 heterocycles. The molecule has 1 aromatic heterocycles. The molecule has 0 amide bonds. The number of benzene rings is 1. The minimum absolute atomic E-state index is 0.0418. The Morgan fingerprint density at radius 1 is 1.08 bits per heavy atom. The molecule has 4 nitrogen and oxygen atoms in total. The van der Waals surface area contributed by atoms with E-state index in [1.54, 1.807) is 18.5 Å². The van der Waals surface area contributed by atoms with Crippen LogP contribution in [0.5, 0.6) is 0 Å². The van der Waals surface area contributed by atoms with Gasteiger partial charge in [-0.1, -0.05) is 69.5 Å². The van der Waals surface area contributed by atoms with Crippen molar-refractivity contribution in [2.24, 2.45) is 0 Å². The average Bonchev–Trinajstić information content (AvgIpc) is 2.66. The van der Waals surface area contributed by atoms with Crippen LogP contribution in [-0.4, -0.2) is 21.0 Å². The monoisotopic (exact) mass is 352 g/mol. The molecule has 0 aliphatic rings. The molecule has 1 unspecified atom stereocenters. The van der Waals surface area contributed by atoms with E-state index in [0.717, 1.165) is 36.8 Å². The van der Waals surface area contributed by atoms with Crippen molar-refractivity contribution >= 4 is 11.5 Å². The SMILES string of the molecule is CCCCCc1cnc(/C(=C\C(CCC)c2ccccc2)C(=O)O)nc1. The molecular formula is C22H28N2O2. The van der Waals surface area contributed by atoms with Crippen LogP contribution in [0.25, 0.3) is 5.57 Å². The average molecular weight is 352 g/mol. The van der Waals surface area contributed by atoms with Crippen LogP contribution in [0, 0.1) is 0 Å². The van der Waals surface area contributed by atoms with Crippen LogP contribution in [0.1, 0.15) is 68.8 Å². The molecule has 0 fully saturated rings. The van der Waals surface area contributed by atoms with Crippen LogP contribution in [0.4, 0.5) is 0 Å². The molecular weight excluding hydrogens is 324 g/mol. The fraction of sp³-hybridized carbons (Fsp3) is 0.409. The maximum atomic E-state index is 11.8. The molecule has 1 aromatic carbocycles. The molecule has 4 heteroatoms. The largest absolute Gasteiger partial charge is 0.478 e. The number of nitrogens with zero attached hydrogens (tertiary/aromatic N) is 2. The summed E-state index contributed by atoms with van der Waals surface area (Å²) in [4.78, 5) is 20.5. The molecule has 0 aliphatic carbocycles. The predicted molar refractivity (Wildman–Crippen MR) is 105 cm³/mol. The van der Waals surface area contributed by atoms with Gasteiger partial charge in [0.2, 0.25) is 0 Å². The molecule has 0 saturated carbocycles. The molecule has 0 bridgehead atoms. The number of aryl methyl sites for hydroxylation is 1. The number of unbranched alkanes of at least 4 members (excludes halogenated alkanes) is 2. The Hall–Kier alpha value is -2.49. The topological polar surface area (TPSA) is 63.1 Å². The molecule has 0 saturated heterocycles. The summed E-state index contributed by atoms with van der Waals surface area (Å²) >= 11 is 0. The van der Waals surface area contributed by atoms with E-state index < -0.39 is 5.97 Å². The highest BCUT2D eigenvalue weighted by Crippen LogP contribution is 2.26. The second-order valence-electron chi connectivity index (χ2n) is 6.56. The zero-order valence-electron chi connectivity index (χ0n) is 15.7. The highest BCUT2D eigenvalue weighted by molar-refractivity contribution is 6.14. The van der Waals surface area contributed by atoms with Crippen molar-refractivity contribution in [1.82, 2.24) is 9.97 Å². The number of aromatic nitrogens is 2. The first-order valence-electron chi connectivity index (χ1n) is 9.47. The van der Waals surface area contributed by atoms with Crippen LogP contribution < -0.4 is 0 Å². The van der Waals surface area contributed by atoms with Gasteiger partial charge in [0.05, 0.1) is 0 Å². The van der Waals surface area contributed by atoms with Crippen LogP contribution in [0.2, 0.25) is 0 Å². The van der Waals surface area contributed by atoms with Gasteiger partial charge < -0.3 is 5.11 Å². The summed E-state index contributed by atoms with van der Waals surface area (Å²) in [5, 5.41) is 9.69. The number of rotatable bonds is 10. The van der Waals surface area contributed by atoms with Gasteiger partial charge in [-0.05, 0) is 30.4 Å². The van der Waals surface area contributed by atoms with Crippen molar-refractivity contribution in [3.8, 4) is 0 Å². The van der Waals surface area contributed by atoms with E-state index in [1.165, 1.54) is 12.8 Å². The number of carboxylic acid groups (broad SMARTS) is 1. The van der Waals surface area contributed by atoms with E-state index >= 15 is 0 Å². The summed E-state index contributed by atoms with van der Waals surface area (Å²) in [6.07, 6.45) is 11.6. The van der Waals surface area contributed by atoms with Crippen molar-refractivity contribution in [3.63, 3.8) is 0 Å². The molecule has 1 atom stereocenters. The first kappa shape index (κ1) is 19.8.